The highest BCUT2D eigenvalue weighted by molar-refractivity contribution is 5.94. The van der Waals surface area contributed by atoms with E-state index in [1.165, 1.54) is 16.7 Å². The Morgan fingerprint density at radius 1 is 1.29 bits per heavy atom. The average molecular weight is 284 g/mol. The van der Waals surface area contributed by atoms with Crippen LogP contribution in [0, 0.1) is 5.92 Å². The average Bonchev–Trinajstić information content (AvgIpc) is 2.53. The minimum absolute atomic E-state index is 0.0778. The van der Waals surface area contributed by atoms with Crippen molar-refractivity contribution < 1.29 is 9.53 Å². The van der Waals surface area contributed by atoms with Crippen molar-refractivity contribution >= 4 is 5.78 Å². The normalized spacial score (nSPS) is 27.7. The molecule has 1 aromatic carbocycles. The molecule has 0 bridgehead atoms. The van der Waals surface area contributed by atoms with Gasteiger partial charge in [-0.25, -0.2) is 0 Å². The van der Waals surface area contributed by atoms with Gasteiger partial charge in [-0.15, -0.1) is 0 Å². The van der Waals surface area contributed by atoms with Gasteiger partial charge in [0.15, 0.2) is 5.78 Å². The molecule has 112 valence electrons. The van der Waals surface area contributed by atoms with Crippen LogP contribution in [0.1, 0.15) is 50.7 Å². The van der Waals surface area contributed by atoms with Gasteiger partial charge in [-0.3, -0.25) is 4.79 Å². The Balaban J connectivity index is 2.14. The Kier molecular flexibility index (Phi) is 3.64. The number of hydrogen-bond acceptors (Lipinski definition) is 2. The van der Waals surface area contributed by atoms with Crippen molar-refractivity contribution in [2.45, 2.75) is 51.4 Å². The molecule has 0 saturated heterocycles. The summed E-state index contributed by atoms with van der Waals surface area (Å²) in [5.74, 6) is 1.46. The summed E-state index contributed by atoms with van der Waals surface area (Å²) in [5, 5.41) is 0. The van der Waals surface area contributed by atoms with E-state index < -0.39 is 0 Å². The lowest BCUT2D eigenvalue weighted by Crippen LogP contribution is -2.40. The largest absolute Gasteiger partial charge is 0.497 e. The molecule has 0 heterocycles. The van der Waals surface area contributed by atoms with Gasteiger partial charge in [0.05, 0.1) is 7.11 Å². The van der Waals surface area contributed by atoms with E-state index >= 15 is 0 Å². The van der Waals surface area contributed by atoms with E-state index in [0.29, 0.717) is 5.78 Å². The van der Waals surface area contributed by atoms with Crippen molar-refractivity contribution in [3.8, 4) is 5.75 Å². The first-order valence-electron chi connectivity index (χ1n) is 8.07. The maximum absolute atomic E-state index is 12.3. The molecule has 3 rings (SSSR count). The van der Waals surface area contributed by atoms with Gasteiger partial charge in [-0.2, -0.15) is 0 Å². The van der Waals surface area contributed by atoms with E-state index in [9.17, 15) is 4.79 Å². The zero-order valence-corrected chi connectivity index (χ0v) is 13.2. The number of ether oxygens (including phenoxy) is 1. The summed E-state index contributed by atoms with van der Waals surface area (Å²) < 4.78 is 5.37. The first-order chi connectivity index (χ1) is 10.1. The predicted molar refractivity (Wildman–Crippen MR) is 84.8 cm³/mol. The maximum Gasteiger partial charge on any atom is 0.158 e. The Morgan fingerprint density at radius 2 is 2.10 bits per heavy atom. The highest BCUT2D eigenvalue weighted by atomic mass is 16.5. The lowest BCUT2D eigenvalue weighted by molar-refractivity contribution is -0.119. The van der Waals surface area contributed by atoms with Crippen LogP contribution < -0.4 is 4.74 Å². The zero-order valence-electron chi connectivity index (χ0n) is 13.2. The lowest BCUT2D eigenvalue weighted by Gasteiger charge is -2.45. The molecular weight excluding hydrogens is 260 g/mol. The van der Waals surface area contributed by atoms with E-state index in [4.69, 9.17) is 4.74 Å². The first kappa shape index (κ1) is 14.4. The fraction of sp³-hybridized carbons (Fsp3) is 0.526. The van der Waals surface area contributed by atoms with Crippen LogP contribution in [0.15, 0.2) is 29.8 Å². The summed E-state index contributed by atoms with van der Waals surface area (Å²) in [6, 6.07) is 6.48. The van der Waals surface area contributed by atoms with Crippen LogP contribution >= 0.6 is 0 Å². The highest BCUT2D eigenvalue weighted by Crippen LogP contribution is 2.51. The van der Waals surface area contributed by atoms with Crippen LogP contribution in [-0.2, 0) is 16.6 Å². The summed E-state index contributed by atoms with van der Waals surface area (Å²) >= 11 is 0. The number of ketones is 1. The smallest absolute Gasteiger partial charge is 0.158 e. The lowest BCUT2D eigenvalue weighted by atomic mass is 9.58. The molecule has 2 heteroatoms. The third kappa shape index (κ3) is 2.12. The SMILES string of the molecule is CCC1CC2(CC)C(=CC1=O)CCc1cc(OC)ccc12. The standard InChI is InChI=1S/C19H24O2/c1-4-13-12-19(5-2)15(11-18(13)20)7-6-14-10-16(21-3)8-9-17(14)19/h8-11,13H,4-7,12H2,1-3H3. The molecule has 0 radical (unpaired) electrons. The molecule has 0 aromatic heterocycles. The van der Waals surface area contributed by atoms with Crippen molar-refractivity contribution in [1.29, 1.82) is 0 Å². The van der Waals surface area contributed by atoms with E-state index in [1.807, 2.05) is 6.08 Å². The number of rotatable bonds is 3. The van der Waals surface area contributed by atoms with Crippen LogP contribution in [0.2, 0.25) is 0 Å². The molecule has 0 spiro atoms. The molecule has 2 atom stereocenters. The van der Waals surface area contributed by atoms with Gasteiger partial charge in [0.1, 0.15) is 5.75 Å². The number of fused-ring (bicyclic) bond motifs is 3. The fourth-order valence-corrected chi connectivity index (χ4v) is 4.22. The van der Waals surface area contributed by atoms with Crippen molar-refractivity contribution in [1.82, 2.24) is 0 Å². The van der Waals surface area contributed by atoms with Gasteiger partial charge in [-0.1, -0.05) is 25.5 Å². The topological polar surface area (TPSA) is 26.3 Å². The number of carbonyl (C=O) groups is 1. The van der Waals surface area contributed by atoms with Crippen LogP contribution in [0.5, 0.6) is 5.75 Å². The van der Waals surface area contributed by atoms with Crippen LogP contribution in [-0.4, -0.2) is 12.9 Å². The van der Waals surface area contributed by atoms with Gasteiger partial charge < -0.3 is 4.74 Å². The molecular formula is C19H24O2. The summed E-state index contributed by atoms with van der Waals surface area (Å²) in [6.45, 7) is 4.39. The third-order valence-corrected chi connectivity index (χ3v) is 5.52. The van der Waals surface area contributed by atoms with Gasteiger partial charge in [0.2, 0.25) is 0 Å². The summed E-state index contributed by atoms with van der Waals surface area (Å²) in [5.41, 5.74) is 4.26. The maximum atomic E-state index is 12.3. The van der Waals surface area contributed by atoms with Gasteiger partial charge in [0, 0.05) is 11.3 Å². The number of methoxy groups -OCH3 is 1. The van der Waals surface area contributed by atoms with E-state index in [-0.39, 0.29) is 11.3 Å². The predicted octanol–water partition coefficient (Wildman–Crippen LogP) is 4.21. The Morgan fingerprint density at radius 3 is 2.76 bits per heavy atom. The third-order valence-electron chi connectivity index (χ3n) is 5.52. The molecule has 2 unspecified atom stereocenters. The minimum Gasteiger partial charge on any atom is -0.497 e. The van der Waals surface area contributed by atoms with Gasteiger partial charge in [0.25, 0.3) is 0 Å². The number of carbonyl (C=O) groups excluding carboxylic acids is 1. The first-order valence-corrected chi connectivity index (χ1v) is 8.07. The number of hydrogen-bond donors (Lipinski definition) is 0. The highest BCUT2D eigenvalue weighted by Gasteiger charge is 2.44. The molecule has 1 aromatic rings. The second-order valence-electron chi connectivity index (χ2n) is 6.34. The molecule has 0 amide bonds. The summed E-state index contributed by atoms with van der Waals surface area (Å²) in [4.78, 5) is 12.3. The second kappa shape index (κ2) is 5.32. The molecule has 2 aliphatic carbocycles. The Hall–Kier alpha value is -1.57. The van der Waals surface area contributed by atoms with Crippen LogP contribution in [0.3, 0.4) is 0 Å². The number of aryl methyl sites for hydroxylation is 1. The van der Waals surface area contributed by atoms with E-state index in [2.05, 4.69) is 32.0 Å². The van der Waals surface area contributed by atoms with Crippen molar-refractivity contribution in [2.24, 2.45) is 5.92 Å². The van der Waals surface area contributed by atoms with Gasteiger partial charge in [-0.05, 0) is 61.4 Å². The number of allylic oxidation sites excluding steroid dienone is 2. The van der Waals surface area contributed by atoms with Gasteiger partial charge >= 0.3 is 0 Å². The molecule has 0 N–H and O–H groups in total. The molecule has 2 nitrogen and oxygen atoms in total. The van der Waals surface area contributed by atoms with Crippen molar-refractivity contribution in [2.75, 3.05) is 7.11 Å². The van der Waals surface area contributed by atoms with Crippen LogP contribution in [0.4, 0.5) is 0 Å². The summed E-state index contributed by atoms with van der Waals surface area (Å²) in [7, 11) is 1.72. The van der Waals surface area contributed by atoms with E-state index in [0.717, 1.165) is 37.9 Å². The molecule has 21 heavy (non-hydrogen) atoms. The fourth-order valence-electron chi connectivity index (χ4n) is 4.22. The number of benzene rings is 1. The molecule has 0 fully saturated rings. The monoisotopic (exact) mass is 284 g/mol. The second-order valence-corrected chi connectivity index (χ2v) is 6.34. The quantitative estimate of drug-likeness (QED) is 0.831. The summed E-state index contributed by atoms with van der Waals surface area (Å²) in [6.07, 6.45) is 6.98. The zero-order chi connectivity index (χ0) is 15.0. The van der Waals surface area contributed by atoms with E-state index in [1.54, 1.807) is 7.11 Å². The van der Waals surface area contributed by atoms with Crippen LogP contribution in [0.25, 0.3) is 0 Å². The Bertz CT molecular complexity index is 600. The molecule has 0 saturated carbocycles. The minimum atomic E-state index is 0.0778. The van der Waals surface area contributed by atoms with Crippen molar-refractivity contribution in [3.63, 3.8) is 0 Å². The molecule has 0 aliphatic heterocycles. The Labute approximate surface area is 127 Å². The molecule has 2 aliphatic rings. The van der Waals surface area contributed by atoms with Crippen molar-refractivity contribution in [3.05, 3.63) is 41.0 Å².